The number of hydrogen-bond donors (Lipinski definition) is 0. The normalized spacial score (nSPS) is 12.7. The Hall–Kier alpha value is -9.66. The number of ether oxygens (including phenoxy) is 4. The first kappa shape index (κ1) is 79.4. The van der Waals surface area contributed by atoms with Gasteiger partial charge in [0.2, 0.25) is 0 Å². The largest absolute Gasteiger partial charge is 0.494 e. The van der Waals surface area contributed by atoms with E-state index < -0.39 is 8.07 Å². The molecule has 3 heterocycles. The molecule has 1 aliphatic rings. The molecule has 0 saturated carbocycles. The first-order chi connectivity index (χ1) is 54.7. The molecule has 0 atom stereocenters. The van der Waals surface area contributed by atoms with Gasteiger partial charge in [0.05, 0.1) is 49.9 Å². The Kier molecular flexibility index (Phi) is 29.0. The van der Waals surface area contributed by atoms with Crippen molar-refractivity contribution in [2.24, 2.45) is 0 Å². The van der Waals surface area contributed by atoms with Crippen molar-refractivity contribution in [3.63, 3.8) is 0 Å². The zero-order valence-electron chi connectivity index (χ0n) is 66.4. The average molecular weight is 1530 g/mol. The minimum absolute atomic E-state index is 0.722. The van der Waals surface area contributed by atoms with Gasteiger partial charge >= 0.3 is 0 Å². The van der Waals surface area contributed by atoms with E-state index in [1.807, 2.05) is 0 Å². The van der Waals surface area contributed by atoms with Crippen LogP contribution in [-0.4, -0.2) is 52.0 Å². The molecule has 10 aromatic carbocycles. The molecule has 1 aliphatic heterocycles. The lowest BCUT2D eigenvalue weighted by atomic mass is 9.88. The minimum Gasteiger partial charge on any atom is -0.494 e. The summed E-state index contributed by atoms with van der Waals surface area (Å²) in [7, 11) is -2.80. The van der Waals surface area contributed by atoms with E-state index >= 15 is 0 Å². The number of rotatable bonds is 44. The molecule has 10 nitrogen and oxygen atoms in total. The summed E-state index contributed by atoms with van der Waals surface area (Å²) in [5.41, 5.74) is 21.0. The Labute approximate surface area is 670 Å². The molecular weight excluding hydrogens is 1420 g/mol. The first-order valence-corrected chi connectivity index (χ1v) is 46.0. The van der Waals surface area contributed by atoms with Gasteiger partial charge in [-0.25, -0.2) is 0 Å². The number of hydrogen-bond acceptors (Lipinski definition) is 12. The van der Waals surface area contributed by atoms with Crippen LogP contribution < -0.4 is 28.7 Å². The lowest BCUT2D eigenvalue weighted by Crippen LogP contribution is -2.29. The van der Waals surface area contributed by atoms with Crippen LogP contribution in [0.5, 0.6) is 23.0 Å². The Morgan fingerprint density at radius 1 is 0.252 bits per heavy atom. The van der Waals surface area contributed by atoms with E-state index in [0.717, 1.165) is 176 Å². The highest BCUT2D eigenvalue weighted by Crippen LogP contribution is 2.58. The maximum Gasteiger partial charge on any atom is 0.119 e. The molecule has 0 N–H and O–H groups in total. The number of allylic oxidation sites excluding steroid dienone is 2. The van der Waals surface area contributed by atoms with E-state index in [4.69, 9.17) is 36.4 Å². The molecule has 0 aliphatic carbocycles. The van der Waals surface area contributed by atoms with Gasteiger partial charge in [0, 0.05) is 56.4 Å². The van der Waals surface area contributed by atoms with Crippen molar-refractivity contribution in [1.82, 2.24) is 17.5 Å². The smallest absolute Gasteiger partial charge is 0.119 e. The molecule has 574 valence electrons. The van der Waals surface area contributed by atoms with Gasteiger partial charge in [-0.2, -0.15) is 17.5 Å². The van der Waals surface area contributed by atoms with Gasteiger partial charge < -0.3 is 28.7 Å². The van der Waals surface area contributed by atoms with Gasteiger partial charge in [-0.3, -0.25) is 0 Å². The Balaban J connectivity index is 0.807. The van der Waals surface area contributed by atoms with Crippen molar-refractivity contribution in [2.45, 2.75) is 195 Å². The second kappa shape index (κ2) is 40.5. The van der Waals surface area contributed by atoms with Gasteiger partial charge in [0.25, 0.3) is 0 Å². The zero-order chi connectivity index (χ0) is 76.4. The van der Waals surface area contributed by atoms with Gasteiger partial charge in [-0.1, -0.05) is 278 Å². The second-order valence-corrected chi connectivity index (χ2v) is 35.6. The first-order valence-electron chi connectivity index (χ1n) is 41.6. The number of anilines is 6. The molecular formula is C98H112N6O4S2Si. The summed E-state index contributed by atoms with van der Waals surface area (Å²) in [5.74, 6) is 3.55. The van der Waals surface area contributed by atoms with E-state index in [9.17, 15) is 0 Å². The van der Waals surface area contributed by atoms with Crippen molar-refractivity contribution < 1.29 is 18.9 Å². The highest BCUT2D eigenvalue weighted by molar-refractivity contribution is 7.13. The average Bonchev–Trinajstić information content (AvgIpc) is 1.54. The molecule has 0 amide bonds. The maximum atomic E-state index is 6.30. The van der Waals surface area contributed by atoms with Crippen molar-refractivity contribution in [2.75, 3.05) is 36.2 Å². The fourth-order valence-corrected chi connectivity index (χ4v) is 20.8. The van der Waals surface area contributed by atoms with E-state index in [2.05, 4.69) is 281 Å². The van der Waals surface area contributed by atoms with Gasteiger partial charge in [-0.05, 0) is 191 Å². The molecule has 0 unspecified atom stereocenters. The quantitative estimate of drug-likeness (QED) is 0.0271. The summed E-state index contributed by atoms with van der Waals surface area (Å²) in [6.07, 6.45) is 29.5. The van der Waals surface area contributed by atoms with Crippen LogP contribution in [-0.2, 0) is 0 Å². The summed E-state index contributed by atoms with van der Waals surface area (Å²) in [5, 5.41) is 2.64. The Bertz CT molecular complexity index is 4480. The van der Waals surface area contributed by atoms with Crippen LogP contribution in [0.2, 0.25) is 13.1 Å². The zero-order valence-corrected chi connectivity index (χ0v) is 69.0. The molecule has 0 radical (unpaired) electrons. The molecule has 13 rings (SSSR count). The highest BCUT2D eigenvalue weighted by atomic mass is 32.1. The van der Waals surface area contributed by atoms with E-state index in [1.165, 1.54) is 173 Å². The van der Waals surface area contributed by atoms with Crippen molar-refractivity contribution >= 4 is 109 Å². The van der Waals surface area contributed by atoms with Crippen LogP contribution in [0, 0.1) is 0 Å². The monoisotopic (exact) mass is 1530 g/mol. The van der Waals surface area contributed by atoms with Crippen LogP contribution in [0.4, 0.5) is 34.1 Å². The van der Waals surface area contributed by atoms with Gasteiger partial charge in [0.1, 0.15) is 53.1 Å². The fourth-order valence-electron chi connectivity index (χ4n) is 15.9. The SMILES string of the molecule is CCCCCCCCOc1ccc(N(c2ccc(OCCCCCCCC)cc2)c2ccc(-c3ccc(C4=C(c5ccccc5)C(c5ccccc5)=C(c5ccc(-c6ccc(N(c7ccc(OCCCCCCCC)cc7)c7ccc(OCCCCCCCC)cc7)cc6)c6nsnc56)[Si]4(C)C)c4nsnc34)cc2)cc1. The van der Waals surface area contributed by atoms with Gasteiger partial charge in [0.15, 0.2) is 0 Å². The van der Waals surface area contributed by atoms with Crippen LogP contribution in [0.15, 0.2) is 231 Å². The molecule has 0 fully saturated rings. The standard InChI is InChI=1S/C98H112N6O4S2Si/c1-7-11-15-19-23-33-69-105-83-57-49-79(50-58-83)103(80-51-59-84(60-52-80)106-70-34-24-20-16-12-8-2)77-45-41-73(42-46-77)87-65-67-89(95-93(87)99-109-101-95)97-91(75-37-29-27-30-38-75)92(76-39-31-28-32-40-76)98(111(97,5)6)90-68-66-88(94-96(90)102-110-100-94)74-43-47-78(48-44-74)104(81-53-61-85(62-54-81)107-71-35-25-21-17-13-9-3)82-55-63-86(64-56-82)108-72-36-26-22-18-14-10-4/h27-32,37-68H,7-26,33-36,69-72H2,1-6H3. The van der Waals surface area contributed by atoms with Crippen LogP contribution >= 0.6 is 23.5 Å². The highest BCUT2D eigenvalue weighted by Gasteiger charge is 2.46. The molecule has 0 spiro atoms. The van der Waals surface area contributed by atoms with Crippen molar-refractivity contribution in [3.05, 3.63) is 253 Å². The van der Waals surface area contributed by atoms with Crippen molar-refractivity contribution in [3.8, 4) is 45.3 Å². The van der Waals surface area contributed by atoms with Crippen molar-refractivity contribution in [1.29, 1.82) is 0 Å². The number of aromatic nitrogens is 4. The number of unbranched alkanes of at least 4 members (excludes halogenated alkanes) is 20. The molecule has 13 heteroatoms. The lowest BCUT2D eigenvalue weighted by molar-refractivity contribution is 0.304. The lowest BCUT2D eigenvalue weighted by Gasteiger charge is -2.27. The van der Waals surface area contributed by atoms with Crippen LogP contribution in [0.3, 0.4) is 0 Å². The molecule has 0 bridgehead atoms. The van der Waals surface area contributed by atoms with E-state index in [0.29, 0.717) is 0 Å². The third-order valence-electron chi connectivity index (χ3n) is 21.8. The van der Waals surface area contributed by atoms with E-state index in [1.54, 1.807) is 0 Å². The summed E-state index contributed by atoms with van der Waals surface area (Å²) >= 11 is 2.57. The Morgan fingerprint density at radius 3 is 0.757 bits per heavy atom. The summed E-state index contributed by atoms with van der Waals surface area (Å²) in [4.78, 5) is 4.64. The van der Waals surface area contributed by atoms with E-state index in [-0.39, 0.29) is 0 Å². The molecule has 111 heavy (non-hydrogen) atoms. The predicted octanol–water partition coefficient (Wildman–Crippen LogP) is 29.2. The topological polar surface area (TPSA) is 95.0 Å². The predicted molar refractivity (Wildman–Crippen MR) is 475 cm³/mol. The number of fused-ring (bicyclic) bond motifs is 2. The third kappa shape index (κ3) is 20.0. The third-order valence-corrected chi connectivity index (χ3v) is 26.4. The number of benzene rings is 10. The Morgan fingerprint density at radius 2 is 0.486 bits per heavy atom. The minimum atomic E-state index is -2.80. The molecule has 12 aromatic rings. The number of nitrogens with zero attached hydrogens (tertiary/aromatic N) is 6. The summed E-state index contributed by atoms with van der Waals surface area (Å²) in [6, 6.07) is 83.4. The van der Waals surface area contributed by atoms with Crippen LogP contribution in [0.1, 0.15) is 204 Å². The molecule has 2 aromatic heterocycles. The van der Waals surface area contributed by atoms with Gasteiger partial charge in [-0.15, -0.1) is 0 Å². The summed E-state index contributed by atoms with van der Waals surface area (Å²) < 4.78 is 46.2. The van der Waals surface area contributed by atoms with Crippen LogP contribution in [0.25, 0.3) is 65.9 Å². The summed E-state index contributed by atoms with van der Waals surface area (Å²) in [6.45, 7) is 17.0. The molecule has 0 saturated heterocycles. The second-order valence-electron chi connectivity index (χ2n) is 30.3. The maximum absolute atomic E-state index is 6.30. The fraction of sp³-hybridized carbons (Fsp3) is 0.347.